The van der Waals surface area contributed by atoms with Crippen LogP contribution in [0.15, 0.2) is 67.3 Å². The van der Waals surface area contributed by atoms with Crippen LogP contribution in [-0.4, -0.2) is 31.1 Å². The molecule has 0 saturated carbocycles. The lowest BCUT2D eigenvalue weighted by Crippen LogP contribution is -2.11. The van der Waals surface area contributed by atoms with Gasteiger partial charge in [-0.25, -0.2) is 24.2 Å². The monoisotopic (exact) mass is 482 g/mol. The molecule has 2 aromatic rings. The lowest BCUT2D eigenvalue weighted by molar-refractivity contribution is -0.187. The molecule has 0 N–H and O–H groups in total. The second kappa shape index (κ2) is 16.9. The van der Waals surface area contributed by atoms with E-state index in [-0.39, 0.29) is 11.5 Å². The van der Waals surface area contributed by atoms with Crippen LogP contribution in [0.5, 0.6) is 5.75 Å². The number of esters is 1. The van der Waals surface area contributed by atoms with Gasteiger partial charge in [-0.2, -0.15) is 0 Å². The number of ether oxygens (including phenoxy) is 2. The first-order valence-electron chi connectivity index (χ1n) is 12.1. The van der Waals surface area contributed by atoms with Crippen molar-refractivity contribution in [3.8, 4) is 5.75 Å². The fourth-order valence-corrected chi connectivity index (χ4v) is 3.30. The van der Waals surface area contributed by atoms with Crippen LogP contribution in [0.1, 0.15) is 78.5 Å². The zero-order valence-corrected chi connectivity index (χ0v) is 20.1. The number of hydrogen-bond acceptors (Lipinski definition) is 7. The lowest BCUT2D eigenvalue weighted by Gasteiger charge is -2.07. The molecule has 188 valence electrons. The van der Waals surface area contributed by atoms with E-state index < -0.39 is 11.9 Å². The van der Waals surface area contributed by atoms with E-state index in [2.05, 4.69) is 16.4 Å². The molecule has 0 aliphatic carbocycles. The van der Waals surface area contributed by atoms with Crippen LogP contribution in [0.3, 0.4) is 0 Å². The van der Waals surface area contributed by atoms with Gasteiger partial charge in [0, 0.05) is 6.08 Å². The van der Waals surface area contributed by atoms with E-state index in [1.54, 1.807) is 54.6 Å². The first kappa shape index (κ1) is 27.6. The number of unbranched alkanes of at least 4 members (excludes halogenated alkanes) is 8. The summed E-state index contributed by atoms with van der Waals surface area (Å²) in [6.45, 7) is 4.45. The molecule has 0 fully saturated rings. The summed E-state index contributed by atoms with van der Waals surface area (Å²) in [6, 6.07) is 14.8. The highest BCUT2D eigenvalue weighted by atomic mass is 17.2. The summed E-state index contributed by atoms with van der Waals surface area (Å²) in [7, 11) is 0. The molecule has 7 heteroatoms. The summed E-state index contributed by atoms with van der Waals surface area (Å²) in [5.74, 6) is -1.17. The normalized spacial score (nSPS) is 10.3. The van der Waals surface area contributed by atoms with Crippen molar-refractivity contribution >= 4 is 17.9 Å². The Morgan fingerprint density at radius 2 is 1.11 bits per heavy atom. The molecule has 35 heavy (non-hydrogen) atoms. The van der Waals surface area contributed by atoms with Crippen molar-refractivity contribution in [1.29, 1.82) is 0 Å². The second-order valence-corrected chi connectivity index (χ2v) is 8.03. The maximum atomic E-state index is 12.0. The Morgan fingerprint density at radius 1 is 0.629 bits per heavy atom. The van der Waals surface area contributed by atoms with Crippen LogP contribution < -0.4 is 4.74 Å². The molecular formula is C28H34O7. The van der Waals surface area contributed by atoms with Crippen molar-refractivity contribution < 1.29 is 33.6 Å². The third-order valence-corrected chi connectivity index (χ3v) is 5.26. The molecule has 0 unspecified atom stereocenters. The summed E-state index contributed by atoms with van der Waals surface area (Å²) >= 11 is 0. The molecule has 0 amide bonds. The quantitative estimate of drug-likeness (QED) is 0.0920. The molecule has 0 heterocycles. The van der Waals surface area contributed by atoms with Gasteiger partial charge in [-0.15, -0.1) is 0 Å². The van der Waals surface area contributed by atoms with E-state index >= 15 is 0 Å². The standard InChI is InChI=1S/C28H34O7/c1-2-26(29)33-22-14-9-7-5-3-4-6-8-13-21-32-25-19-17-24(18-20-25)28(31)35-34-27(30)23-15-11-10-12-16-23/h2,10-12,15-20H,1,3-9,13-14,21-22H2. The Balaban J connectivity index is 1.47. The highest BCUT2D eigenvalue weighted by molar-refractivity contribution is 5.92. The SMILES string of the molecule is C=CC(=O)OCCCCCCCCCCCOc1ccc(C(=O)OOC(=O)c2ccccc2)cc1. The molecule has 0 spiro atoms. The Labute approximate surface area is 207 Å². The van der Waals surface area contributed by atoms with Gasteiger partial charge in [-0.05, 0) is 49.2 Å². The van der Waals surface area contributed by atoms with Crippen molar-refractivity contribution in [2.24, 2.45) is 0 Å². The van der Waals surface area contributed by atoms with Crippen LogP contribution in [-0.2, 0) is 19.3 Å². The van der Waals surface area contributed by atoms with E-state index in [9.17, 15) is 14.4 Å². The van der Waals surface area contributed by atoms with Crippen molar-refractivity contribution in [3.63, 3.8) is 0 Å². The number of benzene rings is 2. The van der Waals surface area contributed by atoms with Gasteiger partial charge < -0.3 is 9.47 Å². The Hall–Kier alpha value is -3.61. The van der Waals surface area contributed by atoms with Gasteiger partial charge in [0.2, 0.25) is 0 Å². The molecule has 2 aromatic carbocycles. The van der Waals surface area contributed by atoms with Gasteiger partial charge >= 0.3 is 17.9 Å². The highest BCUT2D eigenvalue weighted by Crippen LogP contribution is 2.15. The van der Waals surface area contributed by atoms with E-state index in [0.29, 0.717) is 24.5 Å². The van der Waals surface area contributed by atoms with Gasteiger partial charge in [0.1, 0.15) is 5.75 Å². The van der Waals surface area contributed by atoms with E-state index in [1.165, 1.54) is 31.8 Å². The Bertz CT molecular complexity index is 907. The van der Waals surface area contributed by atoms with Crippen molar-refractivity contribution in [2.75, 3.05) is 13.2 Å². The van der Waals surface area contributed by atoms with Crippen LogP contribution in [0.2, 0.25) is 0 Å². The van der Waals surface area contributed by atoms with Crippen molar-refractivity contribution in [1.82, 2.24) is 0 Å². The highest BCUT2D eigenvalue weighted by Gasteiger charge is 2.14. The Morgan fingerprint density at radius 3 is 1.66 bits per heavy atom. The van der Waals surface area contributed by atoms with E-state index in [1.807, 2.05) is 0 Å². The molecule has 0 saturated heterocycles. The van der Waals surface area contributed by atoms with E-state index in [4.69, 9.17) is 9.47 Å². The van der Waals surface area contributed by atoms with Crippen LogP contribution in [0.25, 0.3) is 0 Å². The summed E-state index contributed by atoms with van der Waals surface area (Å²) < 4.78 is 10.7. The number of rotatable bonds is 16. The predicted molar refractivity (Wildman–Crippen MR) is 132 cm³/mol. The average molecular weight is 483 g/mol. The van der Waals surface area contributed by atoms with Gasteiger partial charge in [0.25, 0.3) is 0 Å². The maximum Gasteiger partial charge on any atom is 0.386 e. The van der Waals surface area contributed by atoms with Crippen LogP contribution in [0.4, 0.5) is 0 Å². The fraction of sp³-hybridized carbons (Fsp3) is 0.393. The van der Waals surface area contributed by atoms with Gasteiger partial charge in [-0.3, -0.25) is 0 Å². The second-order valence-electron chi connectivity index (χ2n) is 8.03. The summed E-state index contributed by atoms with van der Waals surface area (Å²) in [4.78, 5) is 44.0. The molecular weight excluding hydrogens is 448 g/mol. The topological polar surface area (TPSA) is 88.1 Å². The molecule has 0 atom stereocenters. The minimum absolute atomic E-state index is 0.260. The molecule has 0 radical (unpaired) electrons. The van der Waals surface area contributed by atoms with Gasteiger partial charge in [0.15, 0.2) is 0 Å². The number of carbonyl (C=O) groups excluding carboxylic acids is 3. The van der Waals surface area contributed by atoms with Crippen LogP contribution in [0, 0.1) is 0 Å². The molecule has 0 aliphatic heterocycles. The summed E-state index contributed by atoms with van der Waals surface area (Å²) in [6.07, 6.45) is 11.2. The molecule has 7 nitrogen and oxygen atoms in total. The third kappa shape index (κ3) is 11.9. The first-order chi connectivity index (χ1) is 17.1. The summed E-state index contributed by atoms with van der Waals surface area (Å²) in [5, 5.41) is 0. The minimum Gasteiger partial charge on any atom is -0.494 e. The van der Waals surface area contributed by atoms with Crippen LogP contribution >= 0.6 is 0 Å². The third-order valence-electron chi connectivity index (χ3n) is 5.26. The fourth-order valence-electron chi connectivity index (χ4n) is 3.30. The minimum atomic E-state index is -0.753. The zero-order chi connectivity index (χ0) is 25.1. The van der Waals surface area contributed by atoms with E-state index in [0.717, 1.165) is 32.1 Å². The first-order valence-corrected chi connectivity index (χ1v) is 12.1. The zero-order valence-electron chi connectivity index (χ0n) is 20.1. The maximum absolute atomic E-state index is 12.0. The molecule has 2 rings (SSSR count). The van der Waals surface area contributed by atoms with Crippen molar-refractivity contribution in [3.05, 3.63) is 78.4 Å². The number of hydrogen-bond donors (Lipinski definition) is 0. The Kier molecular flexibility index (Phi) is 13.4. The van der Waals surface area contributed by atoms with Gasteiger partial charge in [0.05, 0.1) is 24.3 Å². The smallest absolute Gasteiger partial charge is 0.386 e. The summed E-state index contributed by atoms with van der Waals surface area (Å²) in [5.41, 5.74) is 0.556. The lowest BCUT2D eigenvalue weighted by atomic mass is 10.1. The van der Waals surface area contributed by atoms with Crippen molar-refractivity contribution in [2.45, 2.75) is 57.8 Å². The largest absolute Gasteiger partial charge is 0.494 e. The predicted octanol–water partition coefficient (Wildman–Crippen LogP) is 6.23. The molecule has 0 aliphatic rings. The average Bonchev–Trinajstić information content (AvgIpc) is 2.90. The van der Waals surface area contributed by atoms with Gasteiger partial charge in [-0.1, -0.05) is 69.7 Å². The molecule has 0 bridgehead atoms. The number of carbonyl (C=O) groups is 3. The molecule has 0 aromatic heterocycles.